The third-order valence-corrected chi connectivity index (χ3v) is 12.1. The number of benzene rings is 4. The van der Waals surface area contributed by atoms with E-state index in [-0.39, 0.29) is 21.2 Å². The van der Waals surface area contributed by atoms with Gasteiger partial charge in [0.05, 0.1) is 50.5 Å². The minimum Gasteiger partial charge on any atom is -0.506 e. The van der Waals surface area contributed by atoms with Crippen molar-refractivity contribution in [3.8, 4) is 11.5 Å². The quantitative estimate of drug-likeness (QED) is 0.259. The van der Waals surface area contributed by atoms with Gasteiger partial charge in [-0.3, -0.25) is 29.0 Å². The number of ether oxygens (including phenoxy) is 1. The number of amides is 4. The predicted octanol–water partition coefficient (Wildman–Crippen LogP) is 5.31. The Kier molecular flexibility index (Phi) is 11.6. The van der Waals surface area contributed by atoms with E-state index in [0.717, 1.165) is 38.8 Å². The number of alkyl halides is 6. The van der Waals surface area contributed by atoms with Crippen LogP contribution in [0.3, 0.4) is 0 Å². The largest absolute Gasteiger partial charge is 0.506 e. The second kappa shape index (κ2) is 15.5. The highest BCUT2D eigenvalue weighted by Gasteiger charge is 2.42. The van der Waals surface area contributed by atoms with Gasteiger partial charge in [0.25, 0.3) is 23.6 Å². The highest BCUT2D eigenvalue weighted by Crippen LogP contribution is 2.42. The molecular formula is C37H32F6N4O10S2. The summed E-state index contributed by atoms with van der Waals surface area (Å²) in [5, 5.41) is 9.97. The minimum absolute atomic E-state index is 0.0274. The molecule has 2 aliphatic rings. The fraction of sp³-hybridized carbons (Fsp3) is 0.243. The number of sulfone groups is 2. The van der Waals surface area contributed by atoms with Crippen LogP contribution in [0.2, 0.25) is 0 Å². The number of para-hydroxylation sites is 2. The summed E-state index contributed by atoms with van der Waals surface area (Å²) in [5.41, 5.74) is -5.03. The zero-order valence-corrected chi connectivity index (χ0v) is 33.0. The molecule has 2 aliphatic heterocycles. The van der Waals surface area contributed by atoms with Crippen molar-refractivity contribution < 1.29 is 72.2 Å². The molecule has 59 heavy (non-hydrogen) atoms. The van der Waals surface area contributed by atoms with Crippen LogP contribution in [0.5, 0.6) is 11.5 Å². The third kappa shape index (κ3) is 8.40. The monoisotopic (exact) mass is 870 g/mol. The zero-order valence-electron chi connectivity index (χ0n) is 31.3. The molecule has 0 bridgehead atoms. The molecule has 22 heteroatoms. The number of carbonyl (C=O) groups is 4. The smallest absolute Gasteiger partial charge is 0.420 e. The third-order valence-electron chi connectivity index (χ3n) is 8.85. The molecule has 4 amide bonds. The van der Waals surface area contributed by atoms with Crippen molar-refractivity contribution in [2.45, 2.75) is 22.1 Å². The molecule has 0 saturated carbocycles. The number of aromatic hydroxyl groups is 1. The van der Waals surface area contributed by atoms with Crippen molar-refractivity contribution in [3.63, 3.8) is 0 Å². The Hall–Kier alpha value is -6.16. The van der Waals surface area contributed by atoms with Crippen LogP contribution in [-0.4, -0.2) is 102 Å². The minimum atomic E-state index is -5.04. The van der Waals surface area contributed by atoms with Gasteiger partial charge in [-0.25, -0.2) is 16.8 Å². The normalized spacial score (nSPS) is 15.0. The van der Waals surface area contributed by atoms with Crippen LogP contribution >= 0.6 is 0 Å². The van der Waals surface area contributed by atoms with Crippen molar-refractivity contribution in [3.05, 3.63) is 106 Å². The van der Waals surface area contributed by atoms with Crippen molar-refractivity contribution in [1.29, 1.82) is 0 Å². The number of fused-ring (bicyclic) bond motifs is 2. The maximum atomic E-state index is 13.6. The fourth-order valence-corrected chi connectivity index (χ4v) is 9.15. The molecule has 2 heterocycles. The number of nitrogens with zero attached hydrogens (tertiary/aromatic N) is 4. The number of carbonyl (C=O) groups excluding carboxylic acids is 4. The number of anilines is 2. The molecule has 314 valence electrons. The Morgan fingerprint density at radius 3 is 1.39 bits per heavy atom. The fourth-order valence-electron chi connectivity index (χ4n) is 6.11. The van der Waals surface area contributed by atoms with E-state index in [9.17, 15) is 67.5 Å². The lowest BCUT2D eigenvalue weighted by atomic mass is 10.0. The lowest BCUT2D eigenvalue weighted by Gasteiger charge is -2.21. The first-order valence-corrected chi connectivity index (χ1v) is 20.0. The number of phenolic OH excluding ortho intramolecular Hbond substituents is 1. The molecule has 0 radical (unpaired) electrons. The van der Waals surface area contributed by atoms with E-state index in [1.807, 2.05) is 0 Å². The molecule has 4 aromatic rings. The zero-order chi connectivity index (χ0) is 44.2. The Labute approximate surface area is 332 Å². The highest BCUT2D eigenvalue weighted by molar-refractivity contribution is 7.92. The molecule has 0 saturated heterocycles. The lowest BCUT2D eigenvalue weighted by molar-refractivity contribution is -0.139. The first-order valence-electron chi connectivity index (χ1n) is 16.7. The average Bonchev–Trinajstić information content (AvgIpc) is 3.60. The van der Waals surface area contributed by atoms with Crippen molar-refractivity contribution in [2.75, 3.05) is 56.9 Å². The molecule has 0 fully saturated rings. The molecule has 0 unspecified atom stereocenters. The van der Waals surface area contributed by atoms with E-state index in [2.05, 4.69) is 0 Å². The van der Waals surface area contributed by atoms with E-state index in [1.165, 1.54) is 76.7 Å². The number of hydrogen-bond donors (Lipinski definition) is 1. The van der Waals surface area contributed by atoms with Crippen LogP contribution in [0.25, 0.3) is 0 Å². The predicted molar refractivity (Wildman–Crippen MR) is 198 cm³/mol. The van der Waals surface area contributed by atoms with Crippen LogP contribution in [0, 0.1) is 0 Å². The molecule has 0 aromatic heterocycles. The standard InChI is InChI=1S/C19H17F3N2O5S.C18H15F3N2O5S/c1-23(2)18(26)12-8-11(9-13(16(12)29-3)19(20,21)22)17(25)24-10-30(27,28)15-7-5-4-6-14(15)24;1-22(2)17(26)11-7-10(8-12(15(11)24)18(19,20)21)16(25)23-9-29(27,28)14-6-4-3-5-13(14)23/h4-9H,10H2,1-3H3;3-8,24H,9H2,1-2H3. The first kappa shape index (κ1) is 44.0. The number of methoxy groups -OCH3 is 1. The van der Waals surface area contributed by atoms with Gasteiger partial charge < -0.3 is 19.6 Å². The van der Waals surface area contributed by atoms with Gasteiger partial charge in [-0.2, -0.15) is 26.3 Å². The summed E-state index contributed by atoms with van der Waals surface area (Å²) < 4.78 is 135. The van der Waals surface area contributed by atoms with Crippen molar-refractivity contribution in [1.82, 2.24) is 9.80 Å². The van der Waals surface area contributed by atoms with Gasteiger partial charge in [0.1, 0.15) is 23.3 Å². The van der Waals surface area contributed by atoms with Gasteiger partial charge in [0, 0.05) is 39.3 Å². The summed E-state index contributed by atoms with van der Waals surface area (Å²) in [6, 6.07) is 14.0. The molecule has 6 rings (SSSR count). The summed E-state index contributed by atoms with van der Waals surface area (Å²) in [4.78, 5) is 54.1. The number of rotatable bonds is 5. The second-order valence-corrected chi connectivity index (χ2v) is 17.2. The highest BCUT2D eigenvalue weighted by atomic mass is 32.2. The van der Waals surface area contributed by atoms with Gasteiger partial charge in [-0.05, 0) is 48.5 Å². The Bertz CT molecular complexity index is 2630. The van der Waals surface area contributed by atoms with E-state index < -0.39 is 112 Å². The lowest BCUT2D eigenvalue weighted by Crippen LogP contribution is -2.31. The van der Waals surface area contributed by atoms with Crippen molar-refractivity contribution >= 4 is 54.7 Å². The molecule has 0 aliphatic carbocycles. The van der Waals surface area contributed by atoms with Crippen molar-refractivity contribution in [2.24, 2.45) is 0 Å². The summed E-state index contributed by atoms with van der Waals surface area (Å²) in [7, 11) is -1.44. The topological polar surface area (TPSA) is 179 Å². The number of halogens is 6. The van der Waals surface area contributed by atoms with E-state index in [4.69, 9.17) is 4.74 Å². The molecule has 0 atom stereocenters. The molecule has 14 nitrogen and oxygen atoms in total. The maximum Gasteiger partial charge on any atom is 0.420 e. The molecule has 0 spiro atoms. The summed E-state index contributed by atoms with van der Waals surface area (Å²) in [5.74, 6) is -7.26. The molecule has 4 aromatic carbocycles. The van der Waals surface area contributed by atoms with Gasteiger partial charge in [0.2, 0.25) is 0 Å². The Balaban J connectivity index is 0.000000224. The van der Waals surface area contributed by atoms with E-state index in [0.29, 0.717) is 12.1 Å². The van der Waals surface area contributed by atoms with Crippen LogP contribution in [0.4, 0.5) is 37.7 Å². The summed E-state index contributed by atoms with van der Waals surface area (Å²) in [6.45, 7) is 0. The van der Waals surface area contributed by atoms with Gasteiger partial charge in [-0.1, -0.05) is 24.3 Å². The van der Waals surface area contributed by atoms with Crippen LogP contribution in [-0.2, 0) is 32.0 Å². The van der Waals surface area contributed by atoms with Crippen LogP contribution in [0.15, 0.2) is 82.6 Å². The summed E-state index contributed by atoms with van der Waals surface area (Å²) in [6.07, 6.45) is -9.96. The van der Waals surface area contributed by atoms with E-state index >= 15 is 0 Å². The van der Waals surface area contributed by atoms with Gasteiger partial charge >= 0.3 is 12.4 Å². The molecule has 1 N–H and O–H groups in total. The summed E-state index contributed by atoms with van der Waals surface area (Å²) >= 11 is 0. The van der Waals surface area contributed by atoms with E-state index in [1.54, 1.807) is 0 Å². The first-order chi connectivity index (χ1) is 27.2. The number of hydrogen-bond acceptors (Lipinski definition) is 10. The van der Waals surface area contributed by atoms with Crippen LogP contribution in [0.1, 0.15) is 52.6 Å². The average molecular weight is 871 g/mol. The van der Waals surface area contributed by atoms with Gasteiger partial charge in [-0.15, -0.1) is 0 Å². The van der Waals surface area contributed by atoms with Gasteiger partial charge in [0.15, 0.2) is 19.7 Å². The Morgan fingerprint density at radius 1 is 0.627 bits per heavy atom. The SMILES string of the molecule is CN(C)C(=O)c1cc(C(=O)N2CS(=O)(=O)c3ccccc32)cc(C(F)(F)F)c1O.COc1c(C(=O)N(C)C)cc(C(=O)N2CS(=O)(=O)c3ccccc32)cc1C(F)(F)F. The van der Waals surface area contributed by atoms with Crippen LogP contribution < -0.4 is 14.5 Å². The molecular weight excluding hydrogens is 839 g/mol. The maximum absolute atomic E-state index is 13.6. The number of phenols is 1. The second-order valence-electron chi connectivity index (χ2n) is 13.3. The Morgan fingerprint density at radius 2 is 1.00 bits per heavy atom.